The van der Waals surface area contributed by atoms with E-state index < -0.39 is 5.79 Å². The zero-order valence-corrected chi connectivity index (χ0v) is 14.3. The first kappa shape index (κ1) is 17.3. The van der Waals surface area contributed by atoms with Gasteiger partial charge in [-0.2, -0.15) is 0 Å². The Kier molecular flexibility index (Phi) is 6.71. The number of hydrogen-bond acceptors (Lipinski definition) is 3. The maximum atomic E-state index is 5.99. The van der Waals surface area contributed by atoms with Crippen LogP contribution in [0.1, 0.15) is 64.4 Å². The van der Waals surface area contributed by atoms with Crippen LogP contribution in [0.25, 0.3) is 0 Å². The van der Waals surface area contributed by atoms with E-state index >= 15 is 0 Å². The maximum absolute atomic E-state index is 5.99. The molecule has 1 aliphatic rings. The summed E-state index contributed by atoms with van der Waals surface area (Å²) in [5.41, 5.74) is 1.26. The summed E-state index contributed by atoms with van der Waals surface area (Å²) < 4.78 is 17.7. The van der Waals surface area contributed by atoms with Gasteiger partial charge in [-0.1, -0.05) is 38.8 Å². The molecule has 2 rings (SSSR count). The molecule has 0 aliphatic carbocycles. The van der Waals surface area contributed by atoms with E-state index in [4.69, 9.17) is 14.2 Å². The molecule has 0 bridgehead atoms. The van der Waals surface area contributed by atoms with Crippen molar-refractivity contribution >= 4 is 0 Å². The second kappa shape index (κ2) is 8.54. The summed E-state index contributed by atoms with van der Waals surface area (Å²) in [6.07, 6.45) is 5.55. The first-order chi connectivity index (χ1) is 10.7. The van der Waals surface area contributed by atoms with Crippen LogP contribution in [0.5, 0.6) is 5.75 Å². The van der Waals surface area contributed by atoms with Gasteiger partial charge in [0.25, 0.3) is 0 Å². The second-order valence-electron chi connectivity index (χ2n) is 6.33. The summed E-state index contributed by atoms with van der Waals surface area (Å²) in [5.74, 6) is 0.873. The molecule has 1 aromatic carbocycles. The van der Waals surface area contributed by atoms with Crippen molar-refractivity contribution in [1.82, 2.24) is 0 Å². The fourth-order valence-corrected chi connectivity index (χ4v) is 2.65. The molecule has 0 atom stereocenters. The van der Waals surface area contributed by atoms with E-state index in [0.717, 1.165) is 51.3 Å². The van der Waals surface area contributed by atoms with E-state index in [1.54, 1.807) is 0 Å². The number of rotatable bonds is 8. The van der Waals surface area contributed by atoms with Crippen molar-refractivity contribution in [2.75, 3.05) is 19.8 Å². The van der Waals surface area contributed by atoms with Gasteiger partial charge in [-0.15, -0.1) is 0 Å². The van der Waals surface area contributed by atoms with Crippen molar-refractivity contribution in [3.05, 3.63) is 29.8 Å². The molecule has 3 nitrogen and oxygen atoms in total. The molecule has 0 radical (unpaired) electrons. The lowest BCUT2D eigenvalue weighted by atomic mass is 9.99. The molecule has 22 heavy (non-hydrogen) atoms. The van der Waals surface area contributed by atoms with Crippen LogP contribution in [-0.4, -0.2) is 25.6 Å². The molecule has 0 saturated carbocycles. The van der Waals surface area contributed by atoms with E-state index in [1.165, 1.54) is 12.0 Å². The van der Waals surface area contributed by atoms with Gasteiger partial charge in [0, 0.05) is 12.3 Å². The van der Waals surface area contributed by atoms with E-state index in [1.807, 2.05) is 0 Å². The highest BCUT2D eigenvalue weighted by Crippen LogP contribution is 2.31. The summed E-state index contributed by atoms with van der Waals surface area (Å²) in [7, 11) is 0. The number of hydrogen-bond donors (Lipinski definition) is 0. The first-order valence-corrected chi connectivity index (χ1v) is 8.67. The molecular formula is C19H30O3. The lowest BCUT2D eigenvalue weighted by molar-refractivity contribution is -0.265. The van der Waals surface area contributed by atoms with Crippen LogP contribution in [0.15, 0.2) is 24.3 Å². The van der Waals surface area contributed by atoms with Gasteiger partial charge < -0.3 is 14.2 Å². The maximum Gasteiger partial charge on any atom is 0.165 e. The minimum absolute atomic E-state index is 0.319. The highest BCUT2D eigenvalue weighted by molar-refractivity contribution is 5.29. The van der Waals surface area contributed by atoms with E-state index in [2.05, 4.69) is 45.0 Å². The third-order valence-corrected chi connectivity index (χ3v) is 4.28. The lowest BCUT2D eigenvalue weighted by Crippen LogP contribution is -2.40. The zero-order valence-electron chi connectivity index (χ0n) is 14.3. The Hall–Kier alpha value is -1.06. The fraction of sp³-hybridized carbons (Fsp3) is 0.684. The zero-order chi connectivity index (χ0) is 15.8. The van der Waals surface area contributed by atoms with Gasteiger partial charge in [-0.05, 0) is 37.5 Å². The van der Waals surface area contributed by atoms with Crippen molar-refractivity contribution in [1.29, 1.82) is 0 Å². The average Bonchev–Trinajstić information content (AvgIpc) is 2.55. The summed E-state index contributed by atoms with van der Waals surface area (Å²) >= 11 is 0. The van der Waals surface area contributed by atoms with Crippen molar-refractivity contribution < 1.29 is 14.2 Å². The molecule has 3 heteroatoms. The number of unbranched alkanes of at least 4 members (excludes halogenated alkanes) is 2. The Bertz CT molecular complexity index is 419. The average molecular weight is 306 g/mol. The molecule has 1 aliphatic heterocycles. The smallest absolute Gasteiger partial charge is 0.165 e. The first-order valence-electron chi connectivity index (χ1n) is 8.67. The van der Waals surface area contributed by atoms with Crippen LogP contribution in [0.2, 0.25) is 0 Å². The molecule has 0 N–H and O–H groups in total. The fourth-order valence-electron chi connectivity index (χ4n) is 2.65. The minimum atomic E-state index is -0.393. The minimum Gasteiger partial charge on any atom is -0.494 e. The Morgan fingerprint density at radius 2 is 1.68 bits per heavy atom. The van der Waals surface area contributed by atoms with Crippen LogP contribution < -0.4 is 4.74 Å². The highest BCUT2D eigenvalue weighted by atomic mass is 16.7. The standard InChI is InChI=1S/C19H30O3/c1-4-6-12-19(3)21-14-17(15-22-19)16-8-10-18(11-9-16)20-13-7-5-2/h8-11,17H,4-7,12-15H2,1-3H3/t17-,19-. The van der Waals surface area contributed by atoms with Gasteiger partial charge >= 0.3 is 0 Å². The molecule has 1 fully saturated rings. The third kappa shape index (κ3) is 4.99. The van der Waals surface area contributed by atoms with E-state index in [9.17, 15) is 0 Å². The normalized spacial score (nSPS) is 25.1. The lowest BCUT2D eigenvalue weighted by Gasteiger charge is -2.38. The Morgan fingerprint density at radius 1 is 1.05 bits per heavy atom. The molecule has 0 amide bonds. The summed E-state index contributed by atoms with van der Waals surface area (Å²) in [5, 5.41) is 0. The highest BCUT2D eigenvalue weighted by Gasteiger charge is 2.32. The van der Waals surface area contributed by atoms with Crippen molar-refractivity contribution in [3.63, 3.8) is 0 Å². The largest absolute Gasteiger partial charge is 0.494 e. The van der Waals surface area contributed by atoms with Crippen molar-refractivity contribution in [3.8, 4) is 5.75 Å². The van der Waals surface area contributed by atoms with Crippen molar-refractivity contribution in [2.24, 2.45) is 0 Å². The predicted molar refractivity (Wildman–Crippen MR) is 89.4 cm³/mol. The van der Waals surface area contributed by atoms with Gasteiger partial charge in [0.15, 0.2) is 5.79 Å². The Balaban J connectivity index is 1.83. The van der Waals surface area contributed by atoms with Crippen molar-refractivity contribution in [2.45, 2.75) is 64.6 Å². The number of ether oxygens (including phenoxy) is 3. The van der Waals surface area contributed by atoms with Crippen LogP contribution in [0.4, 0.5) is 0 Å². The Morgan fingerprint density at radius 3 is 2.27 bits per heavy atom. The molecule has 1 heterocycles. The molecule has 1 saturated heterocycles. The quantitative estimate of drug-likeness (QED) is 0.639. The number of benzene rings is 1. The van der Waals surface area contributed by atoms with Crippen LogP contribution in [-0.2, 0) is 9.47 Å². The molecule has 0 unspecified atom stereocenters. The second-order valence-corrected chi connectivity index (χ2v) is 6.33. The van der Waals surface area contributed by atoms with Gasteiger partial charge in [-0.25, -0.2) is 0 Å². The van der Waals surface area contributed by atoms with E-state index in [0.29, 0.717) is 5.92 Å². The van der Waals surface area contributed by atoms with Gasteiger partial charge in [0.2, 0.25) is 0 Å². The summed E-state index contributed by atoms with van der Waals surface area (Å²) in [4.78, 5) is 0. The van der Waals surface area contributed by atoms with E-state index in [-0.39, 0.29) is 0 Å². The van der Waals surface area contributed by atoms with Gasteiger partial charge in [0.05, 0.1) is 19.8 Å². The molecule has 0 spiro atoms. The van der Waals surface area contributed by atoms with Gasteiger partial charge in [0.1, 0.15) is 5.75 Å². The summed E-state index contributed by atoms with van der Waals surface area (Å²) in [6.45, 7) is 8.68. The summed E-state index contributed by atoms with van der Waals surface area (Å²) in [6, 6.07) is 8.37. The Labute approximate surface area is 135 Å². The van der Waals surface area contributed by atoms with Crippen LogP contribution in [0.3, 0.4) is 0 Å². The monoisotopic (exact) mass is 306 g/mol. The van der Waals surface area contributed by atoms with Crippen LogP contribution >= 0.6 is 0 Å². The van der Waals surface area contributed by atoms with Crippen LogP contribution in [0, 0.1) is 0 Å². The van der Waals surface area contributed by atoms with Gasteiger partial charge in [-0.3, -0.25) is 0 Å². The third-order valence-electron chi connectivity index (χ3n) is 4.28. The molecular weight excluding hydrogens is 276 g/mol. The molecule has 0 aromatic heterocycles. The molecule has 124 valence electrons. The predicted octanol–water partition coefficient (Wildman–Crippen LogP) is 4.90. The SMILES string of the molecule is CCCCOc1ccc([C@H]2CO[C@](C)(CCCC)OC2)cc1. The molecule has 1 aromatic rings. The topological polar surface area (TPSA) is 27.7 Å².